The van der Waals surface area contributed by atoms with E-state index in [2.05, 4.69) is 30.4 Å². The molecule has 1 aliphatic rings. The maximum absolute atomic E-state index is 11.0. The Bertz CT molecular complexity index is 863. The normalized spacial score (nSPS) is 19.2. The van der Waals surface area contributed by atoms with Gasteiger partial charge in [0.1, 0.15) is 5.82 Å². The quantitative estimate of drug-likeness (QED) is 0.705. The molecule has 1 heterocycles. The van der Waals surface area contributed by atoms with Gasteiger partial charge in [0.15, 0.2) is 0 Å². The molecule has 1 amide bonds. The molecule has 3 rings (SSSR count). The number of nitrogens with two attached hydrogens (primary N) is 1. The van der Waals surface area contributed by atoms with Crippen LogP contribution in [0.1, 0.15) is 37.7 Å². The first-order valence-corrected chi connectivity index (χ1v) is 9.27. The monoisotopic (exact) mass is 411 g/mol. The van der Waals surface area contributed by atoms with E-state index in [1.165, 1.54) is 10.9 Å². The summed E-state index contributed by atoms with van der Waals surface area (Å²) in [6.07, 6.45) is -0.280. The number of benzene rings is 1. The number of pyridine rings is 1. The minimum absolute atomic E-state index is 0.178. The van der Waals surface area contributed by atoms with Gasteiger partial charge in [-0.05, 0) is 56.2 Å². The maximum Gasteiger partial charge on any atom is 0.490 e. The molecular weight excluding hydrogens is 387 g/mol. The summed E-state index contributed by atoms with van der Waals surface area (Å²) in [5.41, 5.74) is 7.57. The van der Waals surface area contributed by atoms with Crippen molar-refractivity contribution < 1.29 is 27.9 Å². The van der Waals surface area contributed by atoms with Crippen molar-refractivity contribution in [3.63, 3.8) is 0 Å². The number of anilines is 1. The van der Waals surface area contributed by atoms with Crippen LogP contribution >= 0.6 is 0 Å². The van der Waals surface area contributed by atoms with Crippen LogP contribution < -0.4 is 11.1 Å². The number of nitrogens with one attached hydrogen (secondary N) is 1. The van der Waals surface area contributed by atoms with E-state index in [1.54, 1.807) is 0 Å². The van der Waals surface area contributed by atoms with E-state index >= 15 is 0 Å². The Kier molecular flexibility index (Phi) is 7.41. The minimum atomic E-state index is -5.08. The number of fused-ring (bicyclic) bond motifs is 1. The van der Waals surface area contributed by atoms with Gasteiger partial charge < -0.3 is 16.2 Å². The average Bonchev–Trinajstić information content (AvgIpc) is 2.63. The third-order valence-corrected chi connectivity index (χ3v) is 4.85. The van der Waals surface area contributed by atoms with Gasteiger partial charge in [-0.2, -0.15) is 13.2 Å². The van der Waals surface area contributed by atoms with Gasteiger partial charge in [0, 0.05) is 17.8 Å². The van der Waals surface area contributed by atoms with Crippen LogP contribution in [0.4, 0.5) is 19.0 Å². The van der Waals surface area contributed by atoms with Crippen LogP contribution in [0, 0.1) is 12.8 Å². The number of aryl methyl sites for hydroxylation is 1. The second-order valence-electron chi connectivity index (χ2n) is 7.18. The van der Waals surface area contributed by atoms with Crippen molar-refractivity contribution in [2.75, 3.05) is 5.32 Å². The van der Waals surface area contributed by atoms with E-state index in [9.17, 15) is 18.0 Å². The van der Waals surface area contributed by atoms with Crippen molar-refractivity contribution in [2.45, 2.75) is 51.2 Å². The third kappa shape index (κ3) is 6.92. The summed E-state index contributed by atoms with van der Waals surface area (Å²) in [5, 5.41) is 11.9. The van der Waals surface area contributed by atoms with E-state index in [-0.39, 0.29) is 5.91 Å². The zero-order valence-electron chi connectivity index (χ0n) is 16.0. The first-order valence-electron chi connectivity index (χ1n) is 9.27. The number of carbonyl (C=O) groups excluding carboxylic acids is 1. The van der Waals surface area contributed by atoms with Crippen LogP contribution in [0.2, 0.25) is 0 Å². The molecule has 1 aliphatic carbocycles. The fourth-order valence-corrected chi connectivity index (χ4v) is 3.43. The summed E-state index contributed by atoms with van der Waals surface area (Å²) < 4.78 is 31.7. The van der Waals surface area contributed by atoms with E-state index in [1.807, 2.05) is 12.1 Å². The average molecular weight is 411 g/mol. The second kappa shape index (κ2) is 9.58. The molecular formula is C20H24F3N3O3. The molecule has 1 aromatic carbocycles. The Labute approximate surface area is 166 Å². The number of nitrogens with zero attached hydrogens (tertiary/aromatic N) is 1. The lowest BCUT2D eigenvalue weighted by atomic mass is 9.84. The molecule has 6 nitrogen and oxygen atoms in total. The molecule has 0 aliphatic heterocycles. The number of carbonyl (C=O) groups is 2. The number of primary amides is 1. The highest BCUT2D eigenvalue weighted by Gasteiger charge is 2.38. The molecule has 1 aromatic heterocycles. The topological polar surface area (TPSA) is 105 Å². The Morgan fingerprint density at radius 2 is 1.79 bits per heavy atom. The standard InChI is InChI=1S/C18H23N3O.C2HF3O2/c1-12-10-18(21-16-5-3-2-4-15(12)16)20-14-8-6-13(7-9-14)11-17(19)22;3-2(4,5)1(6)7/h2-5,10,13-14H,6-9,11H2,1H3,(H2,19,22)(H,20,21);(H,6,7)/t13-,14+;. The van der Waals surface area contributed by atoms with Gasteiger partial charge in [0.05, 0.1) is 5.52 Å². The van der Waals surface area contributed by atoms with Gasteiger partial charge in [-0.1, -0.05) is 18.2 Å². The molecule has 9 heteroatoms. The van der Waals surface area contributed by atoms with E-state index in [0.717, 1.165) is 37.0 Å². The number of halogens is 3. The van der Waals surface area contributed by atoms with Gasteiger partial charge in [-0.15, -0.1) is 0 Å². The summed E-state index contributed by atoms with van der Waals surface area (Å²) in [5.74, 6) is -1.52. The van der Waals surface area contributed by atoms with Crippen molar-refractivity contribution in [2.24, 2.45) is 11.7 Å². The van der Waals surface area contributed by atoms with Crippen LogP contribution in [-0.4, -0.2) is 34.2 Å². The SMILES string of the molecule is Cc1cc(N[C@H]2CC[C@@H](CC(N)=O)CC2)nc2ccccc12.O=C(O)C(F)(F)F. The minimum Gasteiger partial charge on any atom is -0.475 e. The number of aromatic nitrogens is 1. The van der Waals surface area contributed by atoms with Gasteiger partial charge in [0.2, 0.25) is 5.91 Å². The lowest BCUT2D eigenvalue weighted by Gasteiger charge is -2.29. The molecule has 0 unspecified atom stereocenters. The zero-order valence-corrected chi connectivity index (χ0v) is 16.0. The molecule has 0 saturated heterocycles. The summed E-state index contributed by atoms with van der Waals surface area (Å²) in [6.45, 7) is 2.12. The number of amides is 1. The number of carboxylic acids is 1. The first kappa shape index (κ1) is 22.4. The summed E-state index contributed by atoms with van der Waals surface area (Å²) in [6, 6.07) is 10.8. The third-order valence-electron chi connectivity index (χ3n) is 4.85. The molecule has 1 saturated carbocycles. The molecule has 1 fully saturated rings. The Morgan fingerprint density at radius 1 is 1.21 bits per heavy atom. The van der Waals surface area contributed by atoms with Crippen LogP contribution in [-0.2, 0) is 9.59 Å². The number of aliphatic carboxylic acids is 1. The molecule has 0 spiro atoms. The highest BCUT2D eigenvalue weighted by Crippen LogP contribution is 2.29. The van der Waals surface area contributed by atoms with Crippen LogP contribution in [0.5, 0.6) is 0 Å². The van der Waals surface area contributed by atoms with Gasteiger partial charge in [0.25, 0.3) is 0 Å². The lowest BCUT2D eigenvalue weighted by molar-refractivity contribution is -0.192. The first-order chi connectivity index (χ1) is 13.6. The largest absolute Gasteiger partial charge is 0.490 e. The predicted molar refractivity (Wildman–Crippen MR) is 103 cm³/mol. The van der Waals surface area contributed by atoms with E-state index in [0.29, 0.717) is 18.4 Å². The molecule has 29 heavy (non-hydrogen) atoms. The molecule has 158 valence electrons. The predicted octanol–water partition coefficient (Wildman–Crippen LogP) is 4.02. The number of hydrogen-bond donors (Lipinski definition) is 3. The highest BCUT2D eigenvalue weighted by atomic mass is 19.4. The van der Waals surface area contributed by atoms with E-state index < -0.39 is 12.1 Å². The van der Waals surface area contributed by atoms with Crippen LogP contribution in [0.25, 0.3) is 10.9 Å². The van der Waals surface area contributed by atoms with Crippen molar-refractivity contribution in [3.05, 3.63) is 35.9 Å². The highest BCUT2D eigenvalue weighted by molar-refractivity contribution is 5.83. The van der Waals surface area contributed by atoms with Crippen molar-refractivity contribution >= 4 is 28.6 Å². The summed E-state index contributed by atoms with van der Waals surface area (Å²) in [4.78, 5) is 24.6. The fourth-order valence-electron chi connectivity index (χ4n) is 3.43. The van der Waals surface area contributed by atoms with Crippen molar-refractivity contribution in [3.8, 4) is 0 Å². The molecule has 4 N–H and O–H groups in total. The van der Waals surface area contributed by atoms with E-state index in [4.69, 9.17) is 20.6 Å². The molecule has 2 aromatic rings. The van der Waals surface area contributed by atoms with Gasteiger partial charge in [-0.3, -0.25) is 4.79 Å². The van der Waals surface area contributed by atoms with Crippen LogP contribution in [0.15, 0.2) is 30.3 Å². The number of para-hydroxylation sites is 1. The summed E-state index contributed by atoms with van der Waals surface area (Å²) >= 11 is 0. The Hall–Kier alpha value is -2.84. The lowest BCUT2D eigenvalue weighted by Crippen LogP contribution is -2.28. The van der Waals surface area contributed by atoms with Gasteiger partial charge in [-0.25, -0.2) is 9.78 Å². The Morgan fingerprint density at radius 3 is 2.34 bits per heavy atom. The number of hydrogen-bond acceptors (Lipinski definition) is 4. The summed E-state index contributed by atoms with van der Waals surface area (Å²) in [7, 11) is 0. The van der Waals surface area contributed by atoms with Crippen molar-refractivity contribution in [1.82, 2.24) is 4.98 Å². The number of alkyl halides is 3. The molecule has 0 radical (unpaired) electrons. The number of carboxylic acid groups (broad SMARTS) is 1. The maximum atomic E-state index is 11.0. The molecule has 0 bridgehead atoms. The van der Waals surface area contributed by atoms with Gasteiger partial charge >= 0.3 is 12.1 Å². The second-order valence-corrected chi connectivity index (χ2v) is 7.18. The fraction of sp³-hybridized carbons (Fsp3) is 0.450. The number of rotatable bonds is 4. The molecule has 0 atom stereocenters. The smallest absolute Gasteiger partial charge is 0.475 e. The van der Waals surface area contributed by atoms with Crippen LogP contribution in [0.3, 0.4) is 0 Å². The Balaban J connectivity index is 0.000000370. The van der Waals surface area contributed by atoms with Crippen molar-refractivity contribution in [1.29, 1.82) is 0 Å². The zero-order chi connectivity index (χ0) is 21.6.